The van der Waals surface area contributed by atoms with Gasteiger partial charge in [0.15, 0.2) is 9.84 Å². The van der Waals surface area contributed by atoms with Crippen LogP contribution in [0.1, 0.15) is 22.8 Å². The fourth-order valence-electron chi connectivity index (χ4n) is 3.38. The molecule has 5 nitrogen and oxygen atoms in total. The van der Waals surface area contributed by atoms with Crippen molar-refractivity contribution in [2.24, 2.45) is 0 Å². The standard InChI is InChI=1S/C22H26N2O3S/c1-18(15-19-7-4-3-5-8-19)17-23-11-13-24(14-12-23)22(25)20-9-6-10-21(16-20)28(2,26)27/h3-10,15-16H,11-14,17H2,1-2H3. The molecule has 0 atom stereocenters. The van der Waals surface area contributed by atoms with Crippen LogP contribution in [0.15, 0.2) is 65.1 Å². The highest BCUT2D eigenvalue weighted by molar-refractivity contribution is 7.90. The predicted molar refractivity (Wildman–Crippen MR) is 112 cm³/mol. The van der Waals surface area contributed by atoms with Gasteiger partial charge in [-0.05, 0) is 30.7 Å². The Hall–Kier alpha value is -2.44. The molecule has 1 aliphatic rings. The molecule has 0 spiro atoms. The van der Waals surface area contributed by atoms with Crippen LogP contribution in [-0.2, 0) is 9.84 Å². The number of hydrogen-bond acceptors (Lipinski definition) is 4. The molecule has 2 aromatic rings. The van der Waals surface area contributed by atoms with Gasteiger partial charge in [-0.15, -0.1) is 0 Å². The van der Waals surface area contributed by atoms with Crippen molar-refractivity contribution in [1.82, 2.24) is 9.80 Å². The summed E-state index contributed by atoms with van der Waals surface area (Å²) in [6, 6.07) is 16.5. The first-order chi connectivity index (χ1) is 13.3. The summed E-state index contributed by atoms with van der Waals surface area (Å²) in [5, 5.41) is 0. The average Bonchev–Trinajstić information content (AvgIpc) is 2.68. The Morgan fingerprint density at radius 3 is 2.32 bits per heavy atom. The van der Waals surface area contributed by atoms with Crippen molar-refractivity contribution in [3.05, 3.63) is 71.3 Å². The Labute approximate surface area is 167 Å². The second kappa shape index (κ2) is 8.71. The second-order valence-electron chi connectivity index (χ2n) is 7.27. The molecule has 1 saturated heterocycles. The van der Waals surface area contributed by atoms with Gasteiger partial charge in [-0.1, -0.05) is 48.0 Å². The second-order valence-corrected chi connectivity index (χ2v) is 9.29. The minimum Gasteiger partial charge on any atom is -0.336 e. The maximum atomic E-state index is 12.8. The molecule has 1 amide bonds. The molecule has 3 rings (SSSR count). The zero-order chi connectivity index (χ0) is 20.1. The molecule has 0 bridgehead atoms. The van der Waals surface area contributed by atoms with E-state index < -0.39 is 9.84 Å². The van der Waals surface area contributed by atoms with Gasteiger partial charge in [0, 0.05) is 44.5 Å². The lowest BCUT2D eigenvalue weighted by Crippen LogP contribution is -2.49. The third kappa shape index (κ3) is 5.30. The van der Waals surface area contributed by atoms with Gasteiger partial charge in [0.2, 0.25) is 0 Å². The van der Waals surface area contributed by atoms with Crippen LogP contribution < -0.4 is 0 Å². The highest BCUT2D eigenvalue weighted by Crippen LogP contribution is 2.15. The van der Waals surface area contributed by atoms with Crippen molar-refractivity contribution in [1.29, 1.82) is 0 Å². The summed E-state index contributed by atoms with van der Waals surface area (Å²) in [7, 11) is -3.32. The quantitative estimate of drug-likeness (QED) is 0.777. The Morgan fingerprint density at radius 1 is 1.00 bits per heavy atom. The topological polar surface area (TPSA) is 57.7 Å². The number of nitrogens with zero attached hydrogens (tertiary/aromatic N) is 2. The van der Waals surface area contributed by atoms with Crippen LogP contribution in [0.5, 0.6) is 0 Å². The molecular formula is C22H26N2O3S. The van der Waals surface area contributed by atoms with E-state index >= 15 is 0 Å². The summed E-state index contributed by atoms with van der Waals surface area (Å²) in [4.78, 5) is 17.1. The molecular weight excluding hydrogens is 372 g/mol. The smallest absolute Gasteiger partial charge is 0.253 e. The van der Waals surface area contributed by atoms with Crippen molar-refractivity contribution in [2.75, 3.05) is 39.0 Å². The molecule has 1 aliphatic heterocycles. The molecule has 1 fully saturated rings. The molecule has 0 radical (unpaired) electrons. The van der Waals surface area contributed by atoms with Crippen molar-refractivity contribution in [2.45, 2.75) is 11.8 Å². The zero-order valence-electron chi connectivity index (χ0n) is 16.3. The Bertz CT molecular complexity index is 960. The lowest BCUT2D eigenvalue weighted by atomic mass is 10.1. The van der Waals surface area contributed by atoms with Gasteiger partial charge in [-0.2, -0.15) is 0 Å². The van der Waals surface area contributed by atoms with E-state index in [1.54, 1.807) is 17.0 Å². The minimum absolute atomic E-state index is 0.110. The summed E-state index contributed by atoms with van der Waals surface area (Å²) in [6.45, 7) is 5.89. The number of piperazine rings is 1. The lowest BCUT2D eigenvalue weighted by Gasteiger charge is -2.35. The number of benzene rings is 2. The van der Waals surface area contributed by atoms with E-state index in [0.717, 1.165) is 25.9 Å². The maximum absolute atomic E-state index is 12.8. The monoisotopic (exact) mass is 398 g/mol. The van der Waals surface area contributed by atoms with E-state index in [2.05, 4.69) is 30.0 Å². The summed E-state index contributed by atoms with van der Waals surface area (Å²) in [6.07, 6.45) is 3.34. The number of hydrogen-bond donors (Lipinski definition) is 0. The van der Waals surface area contributed by atoms with Crippen LogP contribution in [0.25, 0.3) is 6.08 Å². The minimum atomic E-state index is -3.32. The first-order valence-corrected chi connectivity index (χ1v) is 11.3. The van der Waals surface area contributed by atoms with Crippen molar-refractivity contribution < 1.29 is 13.2 Å². The number of amides is 1. The van der Waals surface area contributed by atoms with Crippen molar-refractivity contribution in [3.8, 4) is 0 Å². The fourth-order valence-corrected chi connectivity index (χ4v) is 4.05. The maximum Gasteiger partial charge on any atom is 0.253 e. The first kappa shape index (κ1) is 20.3. The van der Waals surface area contributed by atoms with Gasteiger partial charge in [-0.3, -0.25) is 9.69 Å². The van der Waals surface area contributed by atoms with Crippen LogP contribution in [-0.4, -0.2) is 63.1 Å². The van der Waals surface area contributed by atoms with Crippen molar-refractivity contribution in [3.63, 3.8) is 0 Å². The molecule has 6 heteroatoms. The Balaban J connectivity index is 1.58. The molecule has 0 unspecified atom stereocenters. The summed E-state index contributed by atoms with van der Waals surface area (Å²) in [5.74, 6) is -0.110. The van der Waals surface area contributed by atoms with Gasteiger partial charge in [0.05, 0.1) is 4.90 Å². The van der Waals surface area contributed by atoms with Gasteiger partial charge < -0.3 is 4.90 Å². The van der Waals surface area contributed by atoms with Gasteiger partial charge in [0.25, 0.3) is 5.91 Å². The molecule has 0 aromatic heterocycles. The van der Waals surface area contributed by atoms with Gasteiger partial charge in [0.1, 0.15) is 0 Å². The fraction of sp³-hybridized carbons (Fsp3) is 0.318. The highest BCUT2D eigenvalue weighted by Gasteiger charge is 2.23. The van der Waals surface area contributed by atoms with E-state index in [1.165, 1.54) is 23.3 Å². The molecule has 2 aromatic carbocycles. The van der Waals surface area contributed by atoms with Crippen LogP contribution in [0, 0.1) is 0 Å². The van der Waals surface area contributed by atoms with Gasteiger partial charge in [-0.25, -0.2) is 8.42 Å². The Morgan fingerprint density at radius 2 is 1.68 bits per heavy atom. The van der Waals surface area contributed by atoms with Crippen LogP contribution in [0.3, 0.4) is 0 Å². The van der Waals surface area contributed by atoms with Crippen LogP contribution in [0.4, 0.5) is 0 Å². The Kier molecular flexibility index (Phi) is 6.31. The van der Waals surface area contributed by atoms with Crippen LogP contribution in [0.2, 0.25) is 0 Å². The summed E-state index contributed by atoms with van der Waals surface area (Å²) >= 11 is 0. The predicted octanol–water partition coefficient (Wildman–Crippen LogP) is 2.95. The molecule has 0 aliphatic carbocycles. The van der Waals surface area contributed by atoms with E-state index in [4.69, 9.17) is 0 Å². The average molecular weight is 399 g/mol. The van der Waals surface area contributed by atoms with Crippen LogP contribution >= 0.6 is 0 Å². The SMILES string of the molecule is CC(=Cc1ccccc1)CN1CCN(C(=O)c2cccc(S(C)(=O)=O)c2)CC1. The van der Waals surface area contributed by atoms with E-state index in [9.17, 15) is 13.2 Å². The molecule has 148 valence electrons. The zero-order valence-corrected chi connectivity index (χ0v) is 17.2. The van der Waals surface area contributed by atoms with Crippen molar-refractivity contribution >= 4 is 21.8 Å². The van der Waals surface area contributed by atoms with E-state index in [1.807, 2.05) is 18.2 Å². The molecule has 1 heterocycles. The largest absolute Gasteiger partial charge is 0.336 e. The first-order valence-electron chi connectivity index (χ1n) is 9.37. The third-order valence-electron chi connectivity index (χ3n) is 4.85. The summed E-state index contributed by atoms with van der Waals surface area (Å²) < 4.78 is 23.4. The number of rotatable bonds is 5. The molecule has 28 heavy (non-hydrogen) atoms. The van der Waals surface area contributed by atoms with E-state index in [-0.39, 0.29) is 10.8 Å². The lowest BCUT2D eigenvalue weighted by molar-refractivity contribution is 0.0647. The number of carbonyl (C=O) groups is 1. The highest BCUT2D eigenvalue weighted by atomic mass is 32.2. The van der Waals surface area contributed by atoms with E-state index in [0.29, 0.717) is 18.7 Å². The molecule has 0 saturated carbocycles. The number of carbonyl (C=O) groups excluding carboxylic acids is 1. The number of sulfone groups is 1. The normalized spacial score (nSPS) is 16.2. The summed E-state index contributed by atoms with van der Waals surface area (Å²) in [5.41, 5.74) is 2.91. The molecule has 0 N–H and O–H groups in total. The van der Waals surface area contributed by atoms with Gasteiger partial charge >= 0.3 is 0 Å². The third-order valence-corrected chi connectivity index (χ3v) is 5.96.